The summed E-state index contributed by atoms with van der Waals surface area (Å²) in [7, 11) is 0. The second kappa shape index (κ2) is 18.5. The number of allylic oxidation sites excluding steroid dienone is 5. The van der Waals surface area contributed by atoms with Gasteiger partial charge in [0.15, 0.2) is 0 Å². The van der Waals surface area contributed by atoms with Crippen molar-refractivity contribution in [1.82, 2.24) is 9.97 Å². The number of benzene rings is 9. The number of para-hydroxylation sites is 1. The van der Waals surface area contributed by atoms with Gasteiger partial charge >= 0.3 is 0 Å². The van der Waals surface area contributed by atoms with Crippen LogP contribution in [0.15, 0.2) is 267 Å². The van der Waals surface area contributed by atoms with Crippen molar-refractivity contribution in [2.24, 2.45) is 0 Å². The van der Waals surface area contributed by atoms with E-state index < -0.39 is 0 Å². The van der Waals surface area contributed by atoms with Gasteiger partial charge in [-0.25, -0.2) is 9.97 Å². The minimum absolute atomic E-state index is 0.651. The maximum atomic E-state index is 4.78. The topological polar surface area (TPSA) is 32.3 Å². The fourth-order valence-corrected chi connectivity index (χ4v) is 10.2. The Morgan fingerprint density at radius 2 is 0.957 bits per heavy atom. The predicted molar refractivity (Wildman–Crippen MR) is 297 cm³/mol. The van der Waals surface area contributed by atoms with Crippen LogP contribution in [0, 0.1) is 0 Å². The summed E-state index contributed by atoms with van der Waals surface area (Å²) in [4.78, 5) is 13.8. The van der Waals surface area contributed by atoms with Gasteiger partial charge in [-0.05, 0) is 173 Å². The standard InChI is InChI=1S/C66H48N4/c1-2-41-69(63-23-10-12-39-67-63)56-34-29-49(30-35-56)53-33-38-60-62(45-53)66(55-28-26-47-16-7-9-18-51(47)43-55)59-37-32-52(44-61(59)65(60)54-27-25-46-15-6-8-17-50(46)42-54)48-19-14-22-58(36-31-48)70(57-20-4-3-5-21-57)64-24-11-13-40-68-64/h2-13,15-40,42-45H,1,14,41H2. The van der Waals surface area contributed by atoms with Crippen LogP contribution in [0.2, 0.25) is 0 Å². The first kappa shape index (κ1) is 42.2. The lowest BCUT2D eigenvalue weighted by molar-refractivity contribution is 1.05. The molecule has 0 saturated heterocycles. The molecule has 0 atom stereocenters. The summed E-state index contributed by atoms with van der Waals surface area (Å²) >= 11 is 0. The van der Waals surface area contributed by atoms with Crippen LogP contribution in [0.1, 0.15) is 12.0 Å². The first-order valence-electron chi connectivity index (χ1n) is 23.9. The molecule has 4 nitrogen and oxygen atoms in total. The highest BCUT2D eigenvalue weighted by Crippen LogP contribution is 2.47. The maximum Gasteiger partial charge on any atom is 0.137 e. The Bertz CT molecular complexity index is 3800. The molecule has 11 aromatic rings. The normalized spacial score (nSPS) is 12.5. The van der Waals surface area contributed by atoms with Crippen LogP contribution in [-0.4, -0.2) is 16.5 Å². The SMILES string of the molecule is C=CCN(c1ccc(-c2ccc3c(-c4ccc5ccccc5c4)c4cc(C5=CCC=C(N(c6ccccc6)c6ccccn6)C=C5)ccc4c(-c4ccc5ccccc5c4)c3c2)cc1)c1ccccn1. The second-order valence-electron chi connectivity index (χ2n) is 17.7. The number of anilines is 4. The molecule has 1 aliphatic rings. The fourth-order valence-electron chi connectivity index (χ4n) is 10.2. The van der Waals surface area contributed by atoms with Crippen molar-refractivity contribution in [1.29, 1.82) is 0 Å². The van der Waals surface area contributed by atoms with E-state index in [9.17, 15) is 0 Å². The summed E-state index contributed by atoms with van der Waals surface area (Å²) in [6, 6.07) is 76.8. The zero-order valence-corrected chi connectivity index (χ0v) is 38.7. The van der Waals surface area contributed by atoms with E-state index in [-0.39, 0.29) is 0 Å². The maximum absolute atomic E-state index is 4.78. The average molecular weight is 897 g/mol. The smallest absolute Gasteiger partial charge is 0.137 e. The Hall–Kier alpha value is -9.12. The van der Waals surface area contributed by atoms with Gasteiger partial charge in [0.25, 0.3) is 0 Å². The molecule has 0 fully saturated rings. The molecule has 12 rings (SSSR count). The number of hydrogen-bond donors (Lipinski definition) is 0. The number of hydrogen-bond acceptors (Lipinski definition) is 4. The molecule has 70 heavy (non-hydrogen) atoms. The van der Waals surface area contributed by atoms with Crippen LogP contribution in [0.25, 0.3) is 82.0 Å². The Morgan fingerprint density at radius 1 is 0.414 bits per heavy atom. The van der Waals surface area contributed by atoms with E-state index in [2.05, 4.69) is 228 Å². The minimum Gasteiger partial charge on any atom is -0.323 e. The third kappa shape index (κ3) is 8.01. The van der Waals surface area contributed by atoms with Crippen LogP contribution < -0.4 is 9.80 Å². The van der Waals surface area contributed by atoms with E-state index in [0.29, 0.717) is 6.54 Å². The summed E-state index contributed by atoms with van der Waals surface area (Å²) in [6.45, 7) is 4.69. The molecular weight excluding hydrogens is 849 g/mol. The summed E-state index contributed by atoms with van der Waals surface area (Å²) in [5, 5.41) is 9.71. The molecule has 0 radical (unpaired) electrons. The molecule has 332 valence electrons. The molecule has 0 spiro atoms. The van der Waals surface area contributed by atoms with Gasteiger partial charge in [-0.15, -0.1) is 6.58 Å². The van der Waals surface area contributed by atoms with E-state index in [1.807, 2.05) is 48.8 Å². The van der Waals surface area contributed by atoms with Gasteiger partial charge < -0.3 is 4.90 Å². The fraction of sp³-hybridized carbons (Fsp3) is 0.0303. The van der Waals surface area contributed by atoms with Crippen molar-refractivity contribution in [2.45, 2.75) is 6.42 Å². The van der Waals surface area contributed by atoms with Crippen LogP contribution in [0.5, 0.6) is 0 Å². The number of aromatic nitrogens is 2. The highest BCUT2D eigenvalue weighted by Gasteiger charge is 2.21. The third-order valence-electron chi connectivity index (χ3n) is 13.5. The number of nitrogens with zero attached hydrogens (tertiary/aromatic N) is 4. The summed E-state index contributed by atoms with van der Waals surface area (Å²) in [5.41, 5.74) is 12.7. The zero-order valence-electron chi connectivity index (χ0n) is 38.7. The lowest BCUT2D eigenvalue weighted by atomic mass is 9.83. The van der Waals surface area contributed by atoms with E-state index in [4.69, 9.17) is 4.98 Å². The van der Waals surface area contributed by atoms with Gasteiger partial charge in [0.2, 0.25) is 0 Å². The van der Waals surface area contributed by atoms with Gasteiger partial charge in [-0.3, -0.25) is 4.90 Å². The van der Waals surface area contributed by atoms with Crippen LogP contribution in [0.3, 0.4) is 0 Å². The Labute approximate surface area is 408 Å². The van der Waals surface area contributed by atoms with Crippen LogP contribution >= 0.6 is 0 Å². The van der Waals surface area contributed by atoms with Gasteiger partial charge in [-0.2, -0.15) is 0 Å². The summed E-state index contributed by atoms with van der Waals surface area (Å²) in [6.07, 6.45) is 15.5. The quantitative estimate of drug-likeness (QED) is 0.0956. The molecule has 0 bridgehead atoms. The van der Waals surface area contributed by atoms with Crippen molar-refractivity contribution in [3.63, 3.8) is 0 Å². The molecule has 0 N–H and O–H groups in total. The minimum atomic E-state index is 0.651. The van der Waals surface area contributed by atoms with Gasteiger partial charge in [0.05, 0.1) is 0 Å². The monoisotopic (exact) mass is 896 g/mol. The van der Waals surface area contributed by atoms with Crippen LogP contribution in [0.4, 0.5) is 23.0 Å². The Kier molecular flexibility index (Phi) is 11.2. The van der Waals surface area contributed by atoms with E-state index in [1.54, 1.807) is 0 Å². The predicted octanol–water partition coefficient (Wildman–Crippen LogP) is 17.5. The molecule has 1 aliphatic carbocycles. The van der Waals surface area contributed by atoms with Crippen molar-refractivity contribution in [3.8, 4) is 33.4 Å². The first-order valence-corrected chi connectivity index (χ1v) is 23.9. The largest absolute Gasteiger partial charge is 0.323 e. The zero-order chi connectivity index (χ0) is 46.8. The highest BCUT2D eigenvalue weighted by atomic mass is 15.2. The summed E-state index contributed by atoms with van der Waals surface area (Å²) < 4.78 is 0. The molecule has 2 heterocycles. The van der Waals surface area contributed by atoms with Gasteiger partial charge in [0.1, 0.15) is 11.6 Å². The third-order valence-corrected chi connectivity index (χ3v) is 13.5. The number of pyridine rings is 2. The lowest BCUT2D eigenvalue weighted by Gasteiger charge is -2.25. The molecule has 9 aromatic carbocycles. The van der Waals surface area contributed by atoms with Crippen molar-refractivity contribution >= 4 is 71.7 Å². The highest BCUT2D eigenvalue weighted by molar-refractivity contribution is 6.23. The second-order valence-corrected chi connectivity index (χ2v) is 17.7. The molecule has 4 heteroatoms. The lowest BCUT2D eigenvalue weighted by Crippen LogP contribution is -2.17. The van der Waals surface area contributed by atoms with E-state index in [1.165, 1.54) is 76.5 Å². The van der Waals surface area contributed by atoms with Gasteiger partial charge in [-0.1, -0.05) is 164 Å². The molecule has 0 unspecified atom stereocenters. The van der Waals surface area contributed by atoms with Crippen molar-refractivity contribution in [2.75, 3.05) is 16.3 Å². The molecule has 0 saturated carbocycles. The molecule has 2 aromatic heterocycles. The summed E-state index contributed by atoms with van der Waals surface area (Å²) in [5.74, 6) is 1.77. The number of fused-ring (bicyclic) bond motifs is 4. The first-order chi connectivity index (χ1) is 34.7. The van der Waals surface area contributed by atoms with Crippen LogP contribution in [-0.2, 0) is 0 Å². The molecular formula is C66H48N4. The van der Waals surface area contributed by atoms with E-state index >= 15 is 0 Å². The Balaban J connectivity index is 1.05. The molecule has 0 aliphatic heterocycles. The van der Waals surface area contributed by atoms with Crippen molar-refractivity contribution < 1.29 is 0 Å². The molecule has 0 amide bonds. The average Bonchev–Trinajstić information content (AvgIpc) is 3.68. The van der Waals surface area contributed by atoms with Gasteiger partial charge in [0, 0.05) is 36.0 Å². The Morgan fingerprint density at radius 3 is 1.57 bits per heavy atom. The van der Waals surface area contributed by atoms with Crippen molar-refractivity contribution in [3.05, 3.63) is 273 Å². The number of rotatable bonds is 11. The van der Waals surface area contributed by atoms with E-state index in [0.717, 1.165) is 46.3 Å².